The molecule has 3 nitrogen and oxygen atoms in total. The van der Waals surface area contributed by atoms with Crippen molar-refractivity contribution in [3.05, 3.63) is 28.8 Å². The van der Waals surface area contributed by atoms with Crippen LogP contribution in [0.5, 0.6) is 5.75 Å². The molecule has 0 heterocycles. The highest BCUT2D eigenvalue weighted by molar-refractivity contribution is 7.98. The molecular weight excluding hydrogens is 246 g/mol. The molecule has 0 atom stereocenters. The molecule has 1 N–H and O–H groups in total. The van der Waals surface area contributed by atoms with Crippen molar-refractivity contribution in [3.8, 4) is 5.75 Å². The van der Waals surface area contributed by atoms with Gasteiger partial charge >= 0.3 is 0 Å². The molecule has 0 bridgehead atoms. The monoisotopic (exact) mass is 259 g/mol. The second-order valence-electron chi connectivity index (χ2n) is 3.38. The number of phenolic OH excluding ortho intramolecular Hbond substituents is 1. The number of thioether (sulfide) groups is 1. The molecule has 1 amide bonds. The molecule has 0 radical (unpaired) electrons. The lowest BCUT2D eigenvalue weighted by molar-refractivity contribution is 0.0803. The molecule has 88 valence electrons. The molecule has 0 fully saturated rings. The van der Waals surface area contributed by atoms with Crippen molar-refractivity contribution in [1.82, 2.24) is 4.90 Å². The van der Waals surface area contributed by atoms with Gasteiger partial charge in [0.05, 0.1) is 10.6 Å². The van der Waals surface area contributed by atoms with E-state index in [0.29, 0.717) is 17.1 Å². The highest BCUT2D eigenvalue weighted by Crippen LogP contribution is 2.22. The third-order valence-electron chi connectivity index (χ3n) is 2.16. The maximum absolute atomic E-state index is 11.9. The number of carbonyl (C=O) groups is 1. The molecular formula is C11H14ClNO2S. The van der Waals surface area contributed by atoms with E-state index in [1.807, 2.05) is 6.26 Å². The van der Waals surface area contributed by atoms with Crippen molar-refractivity contribution < 1.29 is 9.90 Å². The fourth-order valence-corrected chi connectivity index (χ4v) is 1.87. The zero-order valence-electron chi connectivity index (χ0n) is 9.24. The van der Waals surface area contributed by atoms with Gasteiger partial charge in [-0.25, -0.2) is 0 Å². The summed E-state index contributed by atoms with van der Waals surface area (Å²) in [5.74, 6) is 0.750. The molecule has 1 aromatic rings. The Morgan fingerprint density at radius 3 is 2.88 bits per heavy atom. The minimum absolute atomic E-state index is 0.0472. The molecule has 0 aliphatic heterocycles. The predicted octanol–water partition coefficient (Wildman–Crippen LogP) is 2.48. The molecule has 16 heavy (non-hydrogen) atoms. The van der Waals surface area contributed by atoms with Crippen LogP contribution in [0, 0.1) is 0 Å². The molecule has 0 aliphatic rings. The maximum atomic E-state index is 11.9. The van der Waals surface area contributed by atoms with Gasteiger partial charge < -0.3 is 10.0 Å². The zero-order valence-corrected chi connectivity index (χ0v) is 10.8. The Labute approximate surface area is 104 Å². The lowest BCUT2D eigenvalue weighted by atomic mass is 10.2. The van der Waals surface area contributed by atoms with Gasteiger partial charge in [0.15, 0.2) is 0 Å². The van der Waals surface area contributed by atoms with Gasteiger partial charge in [-0.15, -0.1) is 0 Å². The number of phenols is 1. The largest absolute Gasteiger partial charge is 0.508 e. The number of aromatic hydroxyl groups is 1. The number of benzene rings is 1. The number of amides is 1. The predicted molar refractivity (Wildman–Crippen MR) is 68.5 cm³/mol. The summed E-state index contributed by atoms with van der Waals surface area (Å²) in [6, 6.07) is 4.37. The molecule has 0 saturated carbocycles. The summed E-state index contributed by atoms with van der Waals surface area (Å²) in [5.41, 5.74) is 0.338. The average molecular weight is 260 g/mol. The quantitative estimate of drug-likeness (QED) is 0.903. The Morgan fingerprint density at radius 1 is 1.56 bits per heavy atom. The van der Waals surface area contributed by atoms with Crippen LogP contribution in [0.1, 0.15) is 10.4 Å². The molecule has 1 aromatic carbocycles. The van der Waals surface area contributed by atoms with Crippen LogP contribution in [0.3, 0.4) is 0 Å². The number of rotatable bonds is 4. The summed E-state index contributed by atoms with van der Waals surface area (Å²) in [7, 11) is 1.72. The fourth-order valence-electron chi connectivity index (χ4n) is 1.21. The van der Waals surface area contributed by atoms with Gasteiger partial charge in [0.1, 0.15) is 5.75 Å². The van der Waals surface area contributed by atoms with E-state index in [-0.39, 0.29) is 11.7 Å². The zero-order chi connectivity index (χ0) is 12.1. The van der Waals surface area contributed by atoms with Crippen LogP contribution in [0.2, 0.25) is 5.02 Å². The van der Waals surface area contributed by atoms with E-state index < -0.39 is 0 Å². The van der Waals surface area contributed by atoms with Gasteiger partial charge in [-0.3, -0.25) is 4.79 Å². The Morgan fingerprint density at radius 2 is 2.25 bits per heavy atom. The second kappa shape index (κ2) is 6.01. The van der Waals surface area contributed by atoms with Crippen LogP contribution in [0.4, 0.5) is 0 Å². The number of carbonyl (C=O) groups excluding carboxylic acids is 1. The summed E-state index contributed by atoms with van der Waals surface area (Å²) in [4.78, 5) is 13.5. The molecule has 5 heteroatoms. The number of hydrogen-bond acceptors (Lipinski definition) is 3. The number of halogens is 1. The van der Waals surface area contributed by atoms with E-state index in [0.717, 1.165) is 5.75 Å². The highest BCUT2D eigenvalue weighted by Gasteiger charge is 2.15. The van der Waals surface area contributed by atoms with Crippen molar-refractivity contribution in [3.63, 3.8) is 0 Å². The first kappa shape index (κ1) is 13.2. The molecule has 0 spiro atoms. The molecule has 0 aliphatic carbocycles. The number of hydrogen-bond donors (Lipinski definition) is 1. The highest BCUT2D eigenvalue weighted by atomic mass is 35.5. The Kier molecular flexibility index (Phi) is 4.96. The number of nitrogens with zero attached hydrogens (tertiary/aromatic N) is 1. The van der Waals surface area contributed by atoms with Crippen molar-refractivity contribution >= 4 is 29.3 Å². The van der Waals surface area contributed by atoms with Crippen LogP contribution >= 0.6 is 23.4 Å². The van der Waals surface area contributed by atoms with E-state index in [1.165, 1.54) is 18.2 Å². The van der Waals surface area contributed by atoms with Crippen LogP contribution in [0.25, 0.3) is 0 Å². The second-order valence-corrected chi connectivity index (χ2v) is 4.78. The minimum Gasteiger partial charge on any atom is -0.508 e. The first-order chi connectivity index (χ1) is 7.56. The summed E-state index contributed by atoms with van der Waals surface area (Å²) in [6.07, 6.45) is 1.99. The van der Waals surface area contributed by atoms with Gasteiger partial charge in [-0.05, 0) is 24.5 Å². The first-order valence-corrected chi connectivity index (χ1v) is 6.56. The Balaban J connectivity index is 2.83. The first-order valence-electron chi connectivity index (χ1n) is 4.79. The van der Waals surface area contributed by atoms with Gasteiger partial charge in [0.2, 0.25) is 0 Å². The van der Waals surface area contributed by atoms with Crippen molar-refractivity contribution in [2.45, 2.75) is 0 Å². The van der Waals surface area contributed by atoms with Crippen molar-refractivity contribution in [2.24, 2.45) is 0 Å². The third-order valence-corrected chi connectivity index (χ3v) is 3.08. The topological polar surface area (TPSA) is 40.5 Å². The Bertz CT molecular complexity index is 384. The molecule has 0 saturated heterocycles. The molecule has 0 unspecified atom stereocenters. The smallest absolute Gasteiger partial charge is 0.255 e. The van der Waals surface area contributed by atoms with Crippen LogP contribution in [-0.2, 0) is 0 Å². The SMILES string of the molecule is CSCCN(C)C(=O)c1cc(O)ccc1Cl. The van der Waals surface area contributed by atoms with Gasteiger partial charge in [0, 0.05) is 19.3 Å². The fraction of sp³-hybridized carbons (Fsp3) is 0.364. The third kappa shape index (κ3) is 3.32. The minimum atomic E-state index is -0.171. The summed E-state index contributed by atoms with van der Waals surface area (Å²) in [5, 5.41) is 9.67. The Hall–Kier alpha value is -0.870. The standard InChI is InChI=1S/C11H14ClNO2S/c1-13(5-6-16-2)11(15)9-7-8(14)3-4-10(9)12/h3-4,7,14H,5-6H2,1-2H3. The summed E-state index contributed by atoms with van der Waals surface area (Å²) >= 11 is 7.58. The van der Waals surface area contributed by atoms with Gasteiger partial charge in [0.25, 0.3) is 5.91 Å². The van der Waals surface area contributed by atoms with E-state index >= 15 is 0 Å². The lowest BCUT2D eigenvalue weighted by Gasteiger charge is -2.17. The normalized spacial score (nSPS) is 10.2. The van der Waals surface area contributed by atoms with E-state index in [1.54, 1.807) is 23.7 Å². The molecule has 1 rings (SSSR count). The molecule has 0 aromatic heterocycles. The van der Waals surface area contributed by atoms with Crippen LogP contribution in [-0.4, -0.2) is 41.5 Å². The van der Waals surface area contributed by atoms with Crippen LogP contribution < -0.4 is 0 Å². The maximum Gasteiger partial charge on any atom is 0.255 e. The summed E-state index contributed by atoms with van der Waals surface area (Å²) < 4.78 is 0. The summed E-state index contributed by atoms with van der Waals surface area (Å²) in [6.45, 7) is 0.659. The van der Waals surface area contributed by atoms with E-state index in [4.69, 9.17) is 11.6 Å². The van der Waals surface area contributed by atoms with Crippen LogP contribution in [0.15, 0.2) is 18.2 Å². The average Bonchev–Trinajstić information content (AvgIpc) is 2.28. The van der Waals surface area contributed by atoms with E-state index in [2.05, 4.69) is 0 Å². The van der Waals surface area contributed by atoms with Gasteiger partial charge in [-0.2, -0.15) is 11.8 Å². The van der Waals surface area contributed by atoms with Gasteiger partial charge in [-0.1, -0.05) is 11.6 Å². The van der Waals surface area contributed by atoms with E-state index in [9.17, 15) is 9.90 Å². The van der Waals surface area contributed by atoms with Crippen molar-refractivity contribution in [2.75, 3.05) is 25.6 Å². The van der Waals surface area contributed by atoms with Crippen molar-refractivity contribution in [1.29, 1.82) is 0 Å². The lowest BCUT2D eigenvalue weighted by Crippen LogP contribution is -2.29.